The Morgan fingerprint density at radius 2 is 2.06 bits per heavy atom. The summed E-state index contributed by atoms with van der Waals surface area (Å²) >= 11 is 6.07. The average molecular weight is 239 g/mol. The van der Waals surface area contributed by atoms with Crippen molar-refractivity contribution in [3.8, 4) is 0 Å². The molecule has 0 aromatic carbocycles. The first-order valence-electron chi connectivity index (χ1n) is 5.17. The number of halogens is 1. The number of anilines is 1. The summed E-state index contributed by atoms with van der Waals surface area (Å²) in [6.07, 6.45) is 1.64. The van der Waals surface area contributed by atoms with Gasteiger partial charge in [0.25, 0.3) is 0 Å². The number of aromatic amines is 1. The molecule has 3 rings (SSSR count). The van der Waals surface area contributed by atoms with Gasteiger partial charge in [-0.25, -0.2) is 4.98 Å². The number of H-pyrrole nitrogens is 1. The number of nitrogens with one attached hydrogen (secondary N) is 2. The lowest BCUT2D eigenvalue weighted by Gasteiger charge is -2.27. The molecule has 3 heterocycles. The van der Waals surface area contributed by atoms with E-state index in [1.807, 2.05) is 0 Å². The predicted molar refractivity (Wildman–Crippen MR) is 61.8 cm³/mol. The fourth-order valence-electron chi connectivity index (χ4n) is 1.79. The van der Waals surface area contributed by atoms with Crippen molar-refractivity contribution in [3.05, 3.63) is 11.3 Å². The molecule has 2 N–H and O–H groups in total. The van der Waals surface area contributed by atoms with E-state index < -0.39 is 0 Å². The van der Waals surface area contributed by atoms with Crippen LogP contribution < -0.4 is 10.2 Å². The van der Waals surface area contributed by atoms with Crippen molar-refractivity contribution in [3.63, 3.8) is 0 Å². The van der Waals surface area contributed by atoms with Crippen molar-refractivity contribution in [2.45, 2.75) is 0 Å². The highest BCUT2D eigenvalue weighted by Gasteiger charge is 2.15. The number of hydrogen-bond acceptors (Lipinski definition) is 5. The first-order chi connectivity index (χ1) is 7.84. The number of aromatic nitrogens is 4. The number of fused-ring (bicyclic) bond motifs is 1. The Morgan fingerprint density at radius 1 is 1.25 bits per heavy atom. The Hall–Kier alpha value is -1.40. The van der Waals surface area contributed by atoms with Gasteiger partial charge in [0, 0.05) is 26.2 Å². The Kier molecular flexibility index (Phi) is 2.37. The van der Waals surface area contributed by atoms with Crippen molar-refractivity contribution in [2.24, 2.45) is 0 Å². The second-order valence-electron chi connectivity index (χ2n) is 3.68. The second-order valence-corrected chi connectivity index (χ2v) is 4.04. The van der Waals surface area contributed by atoms with Crippen LogP contribution in [0, 0.1) is 0 Å². The van der Waals surface area contributed by atoms with Gasteiger partial charge in [-0.1, -0.05) is 11.6 Å². The lowest BCUT2D eigenvalue weighted by Crippen LogP contribution is -2.44. The Labute approximate surface area is 97.0 Å². The van der Waals surface area contributed by atoms with Gasteiger partial charge in [0.1, 0.15) is 5.15 Å². The molecule has 0 saturated carbocycles. The zero-order valence-electron chi connectivity index (χ0n) is 8.57. The van der Waals surface area contributed by atoms with Gasteiger partial charge >= 0.3 is 0 Å². The summed E-state index contributed by atoms with van der Waals surface area (Å²) in [7, 11) is 0. The maximum absolute atomic E-state index is 6.07. The highest BCUT2D eigenvalue weighted by atomic mass is 35.5. The molecule has 1 aliphatic heterocycles. The Morgan fingerprint density at radius 3 is 2.88 bits per heavy atom. The van der Waals surface area contributed by atoms with Gasteiger partial charge in [0.05, 0.1) is 11.6 Å². The maximum atomic E-state index is 6.07. The van der Waals surface area contributed by atoms with Crippen molar-refractivity contribution < 1.29 is 0 Å². The molecule has 0 radical (unpaired) electrons. The monoisotopic (exact) mass is 238 g/mol. The SMILES string of the molecule is Clc1nc(N2CCNCC2)nc2[nH]ncc12. The molecule has 1 aliphatic rings. The number of hydrogen-bond donors (Lipinski definition) is 2. The molecule has 0 atom stereocenters. The molecule has 84 valence electrons. The Bertz CT molecular complexity index is 504. The van der Waals surface area contributed by atoms with Gasteiger partial charge in [-0.05, 0) is 0 Å². The molecule has 0 unspecified atom stereocenters. The first-order valence-corrected chi connectivity index (χ1v) is 5.55. The number of nitrogens with zero attached hydrogens (tertiary/aromatic N) is 4. The summed E-state index contributed by atoms with van der Waals surface area (Å²) in [5.41, 5.74) is 0.688. The summed E-state index contributed by atoms with van der Waals surface area (Å²) < 4.78 is 0. The van der Waals surface area contributed by atoms with Crippen molar-refractivity contribution in [1.29, 1.82) is 0 Å². The second kappa shape index (κ2) is 3.88. The van der Waals surface area contributed by atoms with Crippen LogP contribution >= 0.6 is 11.6 Å². The minimum Gasteiger partial charge on any atom is -0.338 e. The van der Waals surface area contributed by atoms with E-state index in [0.29, 0.717) is 16.7 Å². The van der Waals surface area contributed by atoms with Crippen molar-refractivity contribution in [2.75, 3.05) is 31.1 Å². The van der Waals surface area contributed by atoms with Crippen LogP contribution in [0.2, 0.25) is 5.15 Å². The van der Waals surface area contributed by atoms with Crippen LogP contribution in [0.3, 0.4) is 0 Å². The zero-order valence-corrected chi connectivity index (χ0v) is 9.33. The highest BCUT2D eigenvalue weighted by Crippen LogP contribution is 2.21. The van der Waals surface area contributed by atoms with Crippen LogP contribution in [0.15, 0.2) is 6.20 Å². The van der Waals surface area contributed by atoms with E-state index >= 15 is 0 Å². The topological polar surface area (TPSA) is 69.7 Å². The Balaban J connectivity index is 2.02. The molecule has 1 fully saturated rings. The minimum atomic E-state index is 0.451. The lowest BCUT2D eigenvalue weighted by molar-refractivity contribution is 0.580. The summed E-state index contributed by atoms with van der Waals surface area (Å²) in [6, 6.07) is 0. The van der Waals surface area contributed by atoms with Gasteiger partial charge in [0.15, 0.2) is 5.65 Å². The van der Waals surface area contributed by atoms with Crippen LogP contribution in [0.1, 0.15) is 0 Å². The molecular weight excluding hydrogens is 228 g/mol. The maximum Gasteiger partial charge on any atom is 0.228 e. The lowest BCUT2D eigenvalue weighted by atomic mass is 10.4. The third-order valence-electron chi connectivity index (χ3n) is 2.65. The highest BCUT2D eigenvalue weighted by molar-refractivity contribution is 6.34. The standard InChI is InChI=1S/C9H11ClN6/c10-7-6-5-12-15-8(6)14-9(13-7)16-3-1-11-2-4-16/h5,11H,1-4H2,(H,12,13,14,15). The van der Waals surface area contributed by atoms with Gasteiger partial charge in [-0.15, -0.1) is 0 Å². The van der Waals surface area contributed by atoms with E-state index in [4.69, 9.17) is 11.6 Å². The van der Waals surface area contributed by atoms with E-state index in [9.17, 15) is 0 Å². The van der Waals surface area contributed by atoms with E-state index in [-0.39, 0.29) is 0 Å². The minimum absolute atomic E-state index is 0.451. The summed E-state index contributed by atoms with van der Waals surface area (Å²) in [5.74, 6) is 0.670. The molecule has 2 aromatic heterocycles. The molecule has 7 heteroatoms. The van der Waals surface area contributed by atoms with Crippen LogP contribution in [-0.2, 0) is 0 Å². The van der Waals surface area contributed by atoms with E-state index in [1.165, 1.54) is 0 Å². The molecule has 1 saturated heterocycles. The third kappa shape index (κ3) is 1.60. The zero-order chi connectivity index (χ0) is 11.0. The summed E-state index contributed by atoms with van der Waals surface area (Å²) in [4.78, 5) is 10.8. The normalized spacial score (nSPS) is 16.9. The number of rotatable bonds is 1. The number of piperazine rings is 1. The van der Waals surface area contributed by atoms with E-state index in [0.717, 1.165) is 31.6 Å². The van der Waals surface area contributed by atoms with Crippen molar-refractivity contribution in [1.82, 2.24) is 25.5 Å². The third-order valence-corrected chi connectivity index (χ3v) is 2.94. The smallest absolute Gasteiger partial charge is 0.228 e. The van der Waals surface area contributed by atoms with Crippen LogP contribution in [0.25, 0.3) is 11.0 Å². The quantitative estimate of drug-likeness (QED) is 0.705. The van der Waals surface area contributed by atoms with E-state index in [1.54, 1.807) is 6.20 Å². The molecule has 2 aromatic rings. The summed E-state index contributed by atoms with van der Waals surface area (Å²) in [6.45, 7) is 3.69. The van der Waals surface area contributed by atoms with Gasteiger partial charge in [-0.3, -0.25) is 5.10 Å². The molecule has 0 aliphatic carbocycles. The molecule has 0 spiro atoms. The van der Waals surface area contributed by atoms with Gasteiger partial charge in [0.2, 0.25) is 5.95 Å². The predicted octanol–water partition coefficient (Wildman–Crippen LogP) is 0.416. The van der Waals surface area contributed by atoms with Gasteiger partial charge < -0.3 is 10.2 Å². The molecule has 0 amide bonds. The molecular formula is C9H11ClN6. The average Bonchev–Trinajstić information content (AvgIpc) is 2.79. The molecule has 6 nitrogen and oxygen atoms in total. The fraction of sp³-hybridized carbons (Fsp3) is 0.444. The fourth-order valence-corrected chi connectivity index (χ4v) is 2.01. The largest absolute Gasteiger partial charge is 0.338 e. The van der Waals surface area contributed by atoms with Gasteiger partial charge in [-0.2, -0.15) is 10.1 Å². The van der Waals surface area contributed by atoms with E-state index in [2.05, 4.69) is 30.4 Å². The molecule has 0 bridgehead atoms. The van der Waals surface area contributed by atoms with Crippen molar-refractivity contribution >= 4 is 28.6 Å². The van der Waals surface area contributed by atoms with Crippen LogP contribution in [-0.4, -0.2) is 46.3 Å². The molecule has 16 heavy (non-hydrogen) atoms. The first kappa shape index (κ1) is 9.80. The van der Waals surface area contributed by atoms with Crippen LogP contribution in [0.4, 0.5) is 5.95 Å². The summed E-state index contributed by atoms with van der Waals surface area (Å²) in [5, 5.41) is 11.2. The van der Waals surface area contributed by atoms with Crippen LogP contribution in [0.5, 0.6) is 0 Å².